The van der Waals surface area contributed by atoms with Crippen molar-refractivity contribution in [2.45, 2.75) is 33.4 Å². The van der Waals surface area contributed by atoms with E-state index in [-0.39, 0.29) is 12.7 Å². The van der Waals surface area contributed by atoms with Crippen molar-refractivity contribution in [3.8, 4) is 11.5 Å². The summed E-state index contributed by atoms with van der Waals surface area (Å²) < 4.78 is 14.3. The van der Waals surface area contributed by atoms with Crippen molar-refractivity contribution >= 4 is 11.7 Å². The number of nitrogens with zero attached hydrogens (tertiary/aromatic N) is 4. The Balaban J connectivity index is 1.50. The molecule has 0 fully saturated rings. The maximum atomic E-state index is 12.7. The highest BCUT2D eigenvalue weighted by Crippen LogP contribution is 2.32. The molecule has 0 aliphatic carbocycles. The largest absolute Gasteiger partial charge is 0.454 e. The standard InChI is InChI=1S/C19H21N5O3/c1-3-8-23-13(2)15(10-21-23)19(25)22-18-6-7-20-24(18)11-14-4-5-16-17(9-14)27-12-26-16/h4-7,9-10H,3,8,11-12H2,1-2H3,(H,22,25). The van der Waals surface area contributed by atoms with E-state index in [1.54, 1.807) is 23.1 Å². The zero-order valence-corrected chi connectivity index (χ0v) is 15.3. The minimum absolute atomic E-state index is 0.192. The average Bonchev–Trinajstić information content (AvgIpc) is 3.37. The molecule has 1 aromatic carbocycles. The number of nitrogens with one attached hydrogen (secondary N) is 1. The van der Waals surface area contributed by atoms with Crippen LogP contribution >= 0.6 is 0 Å². The van der Waals surface area contributed by atoms with Gasteiger partial charge in [0.1, 0.15) is 5.82 Å². The lowest BCUT2D eigenvalue weighted by atomic mass is 10.2. The predicted octanol–water partition coefficient (Wildman–Crippen LogP) is 2.83. The summed E-state index contributed by atoms with van der Waals surface area (Å²) in [5.41, 5.74) is 2.43. The van der Waals surface area contributed by atoms with Gasteiger partial charge in [0.25, 0.3) is 5.91 Å². The van der Waals surface area contributed by atoms with Crippen LogP contribution in [0.1, 0.15) is 35.0 Å². The predicted molar refractivity (Wildman–Crippen MR) is 99.1 cm³/mol. The van der Waals surface area contributed by atoms with Crippen LogP contribution in [0.25, 0.3) is 0 Å². The number of aryl methyl sites for hydroxylation is 1. The van der Waals surface area contributed by atoms with Crippen LogP contribution < -0.4 is 14.8 Å². The van der Waals surface area contributed by atoms with E-state index >= 15 is 0 Å². The number of hydrogen-bond acceptors (Lipinski definition) is 5. The molecule has 0 spiro atoms. The Morgan fingerprint density at radius 3 is 2.89 bits per heavy atom. The maximum Gasteiger partial charge on any atom is 0.260 e. The van der Waals surface area contributed by atoms with E-state index in [0.29, 0.717) is 17.9 Å². The fourth-order valence-electron chi connectivity index (χ4n) is 3.07. The number of anilines is 1. The lowest BCUT2D eigenvalue weighted by molar-refractivity contribution is 0.102. The number of carbonyl (C=O) groups excluding carboxylic acids is 1. The summed E-state index contributed by atoms with van der Waals surface area (Å²) in [7, 11) is 0. The molecule has 0 radical (unpaired) electrons. The van der Waals surface area contributed by atoms with Crippen LogP contribution in [0.4, 0.5) is 5.82 Å². The minimum Gasteiger partial charge on any atom is -0.454 e. The second-order valence-corrected chi connectivity index (χ2v) is 6.38. The molecule has 8 heteroatoms. The van der Waals surface area contributed by atoms with Gasteiger partial charge < -0.3 is 14.8 Å². The van der Waals surface area contributed by atoms with E-state index < -0.39 is 0 Å². The Morgan fingerprint density at radius 1 is 1.19 bits per heavy atom. The third-order valence-corrected chi connectivity index (χ3v) is 4.51. The fourth-order valence-corrected chi connectivity index (χ4v) is 3.07. The summed E-state index contributed by atoms with van der Waals surface area (Å²) in [4.78, 5) is 12.7. The quantitative estimate of drug-likeness (QED) is 0.724. The van der Waals surface area contributed by atoms with E-state index in [9.17, 15) is 4.79 Å². The lowest BCUT2D eigenvalue weighted by Crippen LogP contribution is -2.17. The van der Waals surface area contributed by atoms with Gasteiger partial charge in [-0.1, -0.05) is 13.0 Å². The summed E-state index contributed by atoms with van der Waals surface area (Å²) in [6, 6.07) is 7.54. The molecular formula is C19H21N5O3. The van der Waals surface area contributed by atoms with Gasteiger partial charge in [-0.15, -0.1) is 0 Å². The average molecular weight is 367 g/mol. The SMILES string of the molecule is CCCn1ncc(C(=O)Nc2ccnn2Cc2ccc3c(c2)OCO3)c1C. The third-order valence-electron chi connectivity index (χ3n) is 4.51. The highest BCUT2D eigenvalue weighted by Gasteiger charge is 2.17. The summed E-state index contributed by atoms with van der Waals surface area (Å²) >= 11 is 0. The normalized spacial score (nSPS) is 12.4. The highest BCUT2D eigenvalue weighted by atomic mass is 16.7. The zero-order valence-electron chi connectivity index (χ0n) is 15.3. The second-order valence-electron chi connectivity index (χ2n) is 6.38. The molecule has 1 amide bonds. The Hall–Kier alpha value is -3.29. The molecule has 140 valence electrons. The van der Waals surface area contributed by atoms with Gasteiger partial charge in [-0.25, -0.2) is 4.68 Å². The van der Waals surface area contributed by atoms with Crippen molar-refractivity contribution in [2.75, 3.05) is 12.1 Å². The molecule has 2 aromatic heterocycles. The number of rotatable bonds is 6. The monoisotopic (exact) mass is 367 g/mol. The first-order valence-corrected chi connectivity index (χ1v) is 8.90. The molecule has 0 saturated carbocycles. The molecule has 27 heavy (non-hydrogen) atoms. The van der Waals surface area contributed by atoms with Crippen molar-refractivity contribution in [2.24, 2.45) is 0 Å². The number of ether oxygens (including phenoxy) is 2. The number of carbonyl (C=O) groups is 1. The van der Waals surface area contributed by atoms with Gasteiger partial charge in [0, 0.05) is 18.3 Å². The zero-order chi connectivity index (χ0) is 18.8. The molecule has 0 unspecified atom stereocenters. The van der Waals surface area contributed by atoms with Gasteiger partial charge in [0.15, 0.2) is 11.5 Å². The number of hydrogen-bond donors (Lipinski definition) is 1. The van der Waals surface area contributed by atoms with Gasteiger partial charge in [-0.3, -0.25) is 9.48 Å². The van der Waals surface area contributed by atoms with Gasteiger partial charge >= 0.3 is 0 Å². The Morgan fingerprint density at radius 2 is 2.04 bits per heavy atom. The molecule has 4 rings (SSSR count). The molecule has 1 aliphatic rings. The van der Waals surface area contributed by atoms with Crippen molar-refractivity contribution in [3.05, 3.63) is 53.5 Å². The molecule has 3 aromatic rings. The van der Waals surface area contributed by atoms with Crippen LogP contribution in [0.15, 0.2) is 36.7 Å². The number of amides is 1. The van der Waals surface area contributed by atoms with E-state index in [0.717, 1.165) is 35.7 Å². The van der Waals surface area contributed by atoms with Crippen molar-refractivity contribution in [3.63, 3.8) is 0 Å². The van der Waals surface area contributed by atoms with Crippen LogP contribution in [0, 0.1) is 6.92 Å². The first-order valence-electron chi connectivity index (χ1n) is 8.90. The first-order chi connectivity index (χ1) is 13.2. The number of aromatic nitrogens is 4. The number of benzene rings is 1. The van der Waals surface area contributed by atoms with Gasteiger partial charge in [-0.2, -0.15) is 10.2 Å². The van der Waals surface area contributed by atoms with Crippen LogP contribution in [0.2, 0.25) is 0 Å². The topological polar surface area (TPSA) is 83.2 Å². The molecule has 3 heterocycles. The molecule has 1 N–H and O–H groups in total. The summed E-state index contributed by atoms with van der Waals surface area (Å²) in [5, 5.41) is 11.5. The highest BCUT2D eigenvalue weighted by molar-refractivity contribution is 6.04. The van der Waals surface area contributed by atoms with Gasteiger partial charge in [0.2, 0.25) is 6.79 Å². The first kappa shape index (κ1) is 17.1. The molecule has 8 nitrogen and oxygen atoms in total. The summed E-state index contributed by atoms with van der Waals surface area (Å²) in [6.45, 7) is 5.53. The molecule has 0 saturated heterocycles. The van der Waals surface area contributed by atoms with Crippen LogP contribution in [0.3, 0.4) is 0 Å². The van der Waals surface area contributed by atoms with Crippen LogP contribution in [0.5, 0.6) is 11.5 Å². The third kappa shape index (κ3) is 3.38. The lowest BCUT2D eigenvalue weighted by Gasteiger charge is -2.10. The van der Waals surface area contributed by atoms with Gasteiger partial charge in [-0.05, 0) is 31.0 Å². The van der Waals surface area contributed by atoms with Crippen LogP contribution in [-0.2, 0) is 13.1 Å². The Kier molecular flexibility index (Phi) is 4.53. The van der Waals surface area contributed by atoms with Gasteiger partial charge in [0.05, 0.1) is 24.5 Å². The molecular weight excluding hydrogens is 346 g/mol. The van der Waals surface area contributed by atoms with E-state index in [2.05, 4.69) is 22.4 Å². The van der Waals surface area contributed by atoms with Crippen molar-refractivity contribution in [1.29, 1.82) is 0 Å². The second kappa shape index (κ2) is 7.14. The van der Waals surface area contributed by atoms with Crippen LogP contribution in [-0.4, -0.2) is 32.3 Å². The molecule has 1 aliphatic heterocycles. The number of fused-ring (bicyclic) bond motifs is 1. The van der Waals surface area contributed by atoms with E-state index in [1.165, 1.54) is 0 Å². The van der Waals surface area contributed by atoms with Crippen molar-refractivity contribution in [1.82, 2.24) is 19.6 Å². The molecule has 0 atom stereocenters. The summed E-state index contributed by atoms with van der Waals surface area (Å²) in [5.74, 6) is 1.90. The van der Waals surface area contributed by atoms with E-state index in [1.807, 2.05) is 29.8 Å². The summed E-state index contributed by atoms with van der Waals surface area (Å²) in [6.07, 6.45) is 4.24. The maximum absolute atomic E-state index is 12.7. The fraction of sp³-hybridized carbons (Fsp3) is 0.316. The smallest absolute Gasteiger partial charge is 0.260 e. The minimum atomic E-state index is -0.192. The van der Waals surface area contributed by atoms with Crippen molar-refractivity contribution < 1.29 is 14.3 Å². The van der Waals surface area contributed by atoms with E-state index in [4.69, 9.17) is 9.47 Å². The molecule has 0 bridgehead atoms. The Bertz CT molecular complexity index is 976. The Labute approximate surface area is 156 Å².